The fourth-order valence-electron chi connectivity index (χ4n) is 13.4. The quantitative estimate of drug-likeness (QED) is 0.113. The SMILES string of the molecule is c1ccc(N(c2ccccc2)c2c3c(c(N(c4ccccc4)c4ccccc4)c4ccccc24)-c2ccc4c5c(ccc-3c25)-c2c-4c(N(c3ccccc3)c3ccccc3)c3ccccc3c2N(c2ccccc2)c2ccccc2)cc1. The molecule has 0 N–H and O–H groups in total. The van der Waals surface area contributed by atoms with Gasteiger partial charge in [0.05, 0.1) is 22.7 Å². The molecule has 0 bridgehead atoms. The highest BCUT2D eigenvalue weighted by molar-refractivity contribution is 6.36. The first-order chi connectivity index (χ1) is 40.8. The molecule has 16 rings (SSSR count). The molecule has 0 aliphatic heterocycles. The summed E-state index contributed by atoms with van der Waals surface area (Å²) >= 11 is 0. The molecule has 4 heteroatoms. The molecule has 0 spiro atoms. The molecule has 0 amide bonds. The maximum Gasteiger partial charge on any atom is 0.0626 e. The van der Waals surface area contributed by atoms with E-state index < -0.39 is 0 Å². The first kappa shape index (κ1) is 47.1. The smallest absolute Gasteiger partial charge is 0.0626 e. The lowest BCUT2D eigenvalue weighted by Crippen LogP contribution is -2.15. The highest BCUT2D eigenvalue weighted by atomic mass is 15.2. The molecule has 0 radical (unpaired) electrons. The normalized spacial score (nSPS) is 11.7. The van der Waals surface area contributed by atoms with Gasteiger partial charge in [0.15, 0.2) is 0 Å². The zero-order valence-corrected chi connectivity index (χ0v) is 44.8. The second-order valence-electron chi connectivity index (χ2n) is 21.1. The largest absolute Gasteiger partial charge is 0.309 e. The predicted octanol–water partition coefficient (Wildman–Crippen LogP) is 22.3. The van der Waals surface area contributed by atoms with Crippen LogP contribution in [0.4, 0.5) is 68.2 Å². The second-order valence-corrected chi connectivity index (χ2v) is 21.1. The molecule has 14 aromatic carbocycles. The zero-order chi connectivity index (χ0) is 54.1. The van der Waals surface area contributed by atoms with Gasteiger partial charge in [0.1, 0.15) is 0 Å². The number of benzene rings is 14. The van der Waals surface area contributed by atoms with E-state index in [9.17, 15) is 0 Å². The van der Waals surface area contributed by atoms with Crippen LogP contribution < -0.4 is 19.6 Å². The van der Waals surface area contributed by atoms with Gasteiger partial charge in [-0.05, 0) is 130 Å². The van der Waals surface area contributed by atoms with Gasteiger partial charge < -0.3 is 19.6 Å². The van der Waals surface area contributed by atoms with Crippen molar-refractivity contribution in [1.82, 2.24) is 0 Å². The van der Waals surface area contributed by atoms with Gasteiger partial charge in [-0.1, -0.05) is 218 Å². The number of fused-ring (bicyclic) bond motifs is 8. The van der Waals surface area contributed by atoms with Crippen molar-refractivity contribution in [3.63, 3.8) is 0 Å². The summed E-state index contributed by atoms with van der Waals surface area (Å²) in [5.74, 6) is 0. The number of rotatable bonds is 12. The van der Waals surface area contributed by atoms with Crippen LogP contribution in [0.15, 0.2) is 315 Å². The fraction of sp³-hybridized carbons (Fsp3) is 0. The third-order valence-corrected chi connectivity index (χ3v) is 16.6. The van der Waals surface area contributed by atoms with E-state index in [0.29, 0.717) is 0 Å². The average Bonchev–Trinajstić information content (AvgIpc) is 2.06. The third kappa shape index (κ3) is 7.32. The van der Waals surface area contributed by atoms with Crippen LogP contribution in [0.3, 0.4) is 0 Å². The zero-order valence-electron chi connectivity index (χ0n) is 44.8. The van der Waals surface area contributed by atoms with E-state index in [1.807, 2.05) is 0 Å². The summed E-state index contributed by atoms with van der Waals surface area (Å²) in [7, 11) is 0. The van der Waals surface area contributed by atoms with Crippen LogP contribution in [-0.2, 0) is 0 Å². The summed E-state index contributed by atoms with van der Waals surface area (Å²) in [4.78, 5) is 10.00. The molecule has 82 heavy (non-hydrogen) atoms. The average molecular weight is 1050 g/mol. The van der Waals surface area contributed by atoms with E-state index in [0.717, 1.165) is 89.8 Å². The standard InChI is InChI=1S/C78H52N4/c1-9-29-53(30-10-1)79(54-31-11-2-12-32-54)75-61-45-25-26-46-62(61)76(80(55-33-13-3-14-34-55)56-35-15-4-16-36-56)72-66-51-52-68-70-67(50-49-65(69(66)70)71(72)75)73-74(68)78(82(59-41-21-7-22-42-59)60-43-23-8-24-44-60)64-48-28-27-47-63(64)77(73)81(57-37-17-5-18-38-57)58-39-19-6-20-40-58/h1-52H. The van der Waals surface area contributed by atoms with Gasteiger partial charge in [-0.25, -0.2) is 0 Å². The van der Waals surface area contributed by atoms with Crippen molar-refractivity contribution >= 4 is 101 Å². The lowest BCUT2D eigenvalue weighted by atomic mass is 9.89. The van der Waals surface area contributed by atoms with Crippen molar-refractivity contribution in [2.24, 2.45) is 0 Å². The summed E-state index contributed by atoms with van der Waals surface area (Å²) in [6.45, 7) is 0. The van der Waals surface area contributed by atoms with Crippen LogP contribution in [0.1, 0.15) is 0 Å². The first-order valence-corrected chi connectivity index (χ1v) is 28.2. The van der Waals surface area contributed by atoms with E-state index >= 15 is 0 Å². The van der Waals surface area contributed by atoms with Crippen molar-refractivity contribution in [3.8, 4) is 44.5 Å². The molecule has 2 aliphatic carbocycles. The molecule has 0 saturated carbocycles. The molecule has 14 aromatic rings. The molecule has 0 unspecified atom stereocenters. The highest BCUT2D eigenvalue weighted by Gasteiger charge is 2.41. The van der Waals surface area contributed by atoms with Gasteiger partial charge >= 0.3 is 0 Å². The van der Waals surface area contributed by atoms with Crippen LogP contribution >= 0.6 is 0 Å². The summed E-state index contributed by atoms with van der Waals surface area (Å²) in [5.41, 5.74) is 22.9. The Morgan fingerprint density at radius 3 is 0.451 bits per heavy atom. The summed E-state index contributed by atoms with van der Waals surface area (Å²) in [5, 5.41) is 7.12. The molecule has 0 aromatic heterocycles. The minimum Gasteiger partial charge on any atom is -0.309 e. The van der Waals surface area contributed by atoms with Crippen molar-refractivity contribution < 1.29 is 0 Å². The summed E-state index contributed by atoms with van der Waals surface area (Å²) < 4.78 is 0. The van der Waals surface area contributed by atoms with Gasteiger partial charge in [0.25, 0.3) is 0 Å². The molecule has 0 fully saturated rings. The molecule has 2 aliphatic rings. The Kier molecular flexibility index (Phi) is 11.2. The van der Waals surface area contributed by atoms with Crippen LogP contribution in [0.25, 0.3) is 76.8 Å². The molecule has 0 heterocycles. The predicted molar refractivity (Wildman–Crippen MR) is 347 cm³/mol. The Morgan fingerprint density at radius 1 is 0.146 bits per heavy atom. The van der Waals surface area contributed by atoms with Gasteiger partial charge in [0, 0.05) is 89.3 Å². The second kappa shape index (κ2) is 19.5. The Morgan fingerprint density at radius 2 is 0.293 bits per heavy atom. The van der Waals surface area contributed by atoms with Crippen molar-refractivity contribution in [2.75, 3.05) is 19.6 Å². The Bertz CT molecular complexity index is 3950. The number of nitrogens with zero attached hydrogens (tertiary/aromatic N) is 4. The van der Waals surface area contributed by atoms with E-state index in [-0.39, 0.29) is 0 Å². The summed E-state index contributed by atoms with van der Waals surface area (Å²) in [6.07, 6.45) is 0. The third-order valence-electron chi connectivity index (χ3n) is 16.6. The van der Waals surface area contributed by atoms with E-state index in [1.54, 1.807) is 0 Å². The Labute approximate surface area is 477 Å². The number of hydrogen-bond donors (Lipinski definition) is 0. The minimum atomic E-state index is 1.09. The monoisotopic (exact) mass is 1040 g/mol. The Hall–Kier alpha value is -10.9. The van der Waals surface area contributed by atoms with Crippen LogP contribution in [0.5, 0.6) is 0 Å². The molecule has 0 saturated heterocycles. The van der Waals surface area contributed by atoms with Crippen LogP contribution in [0.2, 0.25) is 0 Å². The number of hydrogen-bond acceptors (Lipinski definition) is 4. The van der Waals surface area contributed by atoms with Crippen molar-refractivity contribution in [1.29, 1.82) is 0 Å². The lowest BCUT2D eigenvalue weighted by molar-refractivity contribution is 1.28. The molecule has 4 nitrogen and oxygen atoms in total. The van der Waals surface area contributed by atoms with E-state index in [4.69, 9.17) is 0 Å². The fourth-order valence-corrected chi connectivity index (χ4v) is 13.4. The van der Waals surface area contributed by atoms with Gasteiger partial charge in [-0.2, -0.15) is 0 Å². The molecule has 384 valence electrons. The van der Waals surface area contributed by atoms with E-state index in [1.165, 1.54) is 55.3 Å². The lowest BCUT2D eigenvalue weighted by Gasteiger charge is -2.34. The topological polar surface area (TPSA) is 13.0 Å². The van der Waals surface area contributed by atoms with Gasteiger partial charge in [0.2, 0.25) is 0 Å². The number of anilines is 12. The molecular weight excluding hydrogens is 993 g/mol. The van der Waals surface area contributed by atoms with E-state index in [2.05, 4.69) is 335 Å². The van der Waals surface area contributed by atoms with Crippen LogP contribution in [0, 0.1) is 0 Å². The van der Waals surface area contributed by atoms with Gasteiger partial charge in [-0.3, -0.25) is 0 Å². The van der Waals surface area contributed by atoms with Gasteiger partial charge in [-0.15, -0.1) is 0 Å². The maximum atomic E-state index is 2.50. The maximum absolute atomic E-state index is 2.50. The van der Waals surface area contributed by atoms with Crippen molar-refractivity contribution in [2.45, 2.75) is 0 Å². The molecular formula is C78H52N4. The highest BCUT2D eigenvalue weighted by Crippen LogP contribution is 2.67. The Balaban J connectivity index is 1.09. The number of para-hydroxylation sites is 8. The minimum absolute atomic E-state index is 1.09. The molecule has 0 atom stereocenters. The first-order valence-electron chi connectivity index (χ1n) is 28.2. The van der Waals surface area contributed by atoms with Crippen LogP contribution in [-0.4, -0.2) is 0 Å². The van der Waals surface area contributed by atoms with Crippen molar-refractivity contribution in [3.05, 3.63) is 315 Å². The summed E-state index contributed by atoms with van der Waals surface area (Å²) in [6, 6.07) is 115.